The number of aromatic nitrogens is 3. The Labute approximate surface area is 195 Å². The van der Waals surface area contributed by atoms with Crippen molar-refractivity contribution in [1.82, 2.24) is 14.3 Å². The second-order valence-corrected chi connectivity index (χ2v) is 8.87. The van der Waals surface area contributed by atoms with Crippen LogP contribution < -0.4 is 19.8 Å². The number of hydrogen-bond donors (Lipinski definition) is 0. The summed E-state index contributed by atoms with van der Waals surface area (Å²) >= 11 is 1.31. The van der Waals surface area contributed by atoms with Crippen LogP contribution >= 0.6 is 11.3 Å². The predicted octanol–water partition coefficient (Wildman–Crippen LogP) is 2.08. The number of esters is 1. The molecule has 1 aliphatic rings. The van der Waals surface area contributed by atoms with Gasteiger partial charge >= 0.3 is 5.97 Å². The summed E-state index contributed by atoms with van der Waals surface area (Å²) in [6.07, 6.45) is 3.54. The number of aryl methyl sites for hydroxylation is 1. The Morgan fingerprint density at radius 2 is 1.94 bits per heavy atom. The van der Waals surface area contributed by atoms with Crippen molar-refractivity contribution in [3.05, 3.63) is 78.7 Å². The molecule has 3 heterocycles. The first kappa shape index (κ1) is 22.7. The lowest BCUT2D eigenvalue weighted by Crippen LogP contribution is -2.40. The Balaban J connectivity index is 1.94. The first-order valence-electron chi connectivity index (χ1n) is 10.8. The molecule has 172 valence electrons. The molecular weight excluding hydrogens is 438 g/mol. The van der Waals surface area contributed by atoms with Crippen LogP contribution in [0.3, 0.4) is 0 Å². The Hall–Kier alpha value is -3.46. The van der Waals surface area contributed by atoms with E-state index in [0.29, 0.717) is 27.1 Å². The van der Waals surface area contributed by atoms with Crippen LogP contribution in [0, 0.1) is 0 Å². The van der Waals surface area contributed by atoms with Gasteiger partial charge in [-0.1, -0.05) is 23.5 Å². The fourth-order valence-electron chi connectivity index (χ4n) is 3.93. The normalized spacial score (nSPS) is 15.9. The summed E-state index contributed by atoms with van der Waals surface area (Å²) < 4.78 is 9.31. The van der Waals surface area contributed by atoms with Crippen LogP contribution in [0.1, 0.15) is 38.1 Å². The van der Waals surface area contributed by atoms with Crippen molar-refractivity contribution < 1.29 is 9.53 Å². The predicted molar refractivity (Wildman–Crippen MR) is 129 cm³/mol. The lowest BCUT2D eigenvalue weighted by atomic mass is 9.95. The lowest BCUT2D eigenvalue weighted by molar-refractivity contribution is -0.139. The number of nitrogens with zero attached hydrogens (tertiary/aromatic N) is 5. The highest BCUT2D eigenvalue weighted by molar-refractivity contribution is 7.07. The maximum atomic E-state index is 13.6. The fraction of sp³-hybridized carbons (Fsp3) is 0.333. The largest absolute Gasteiger partial charge is 0.463 e. The van der Waals surface area contributed by atoms with Crippen molar-refractivity contribution in [3.63, 3.8) is 0 Å². The van der Waals surface area contributed by atoms with Gasteiger partial charge in [-0.15, -0.1) is 0 Å². The number of carbonyl (C=O) groups is 1. The van der Waals surface area contributed by atoms with Crippen LogP contribution in [0.2, 0.25) is 0 Å². The van der Waals surface area contributed by atoms with E-state index in [9.17, 15) is 9.59 Å². The molecular formula is C24H27N5O3S. The quantitative estimate of drug-likeness (QED) is 0.521. The average Bonchev–Trinajstić information content (AvgIpc) is 3.37. The van der Waals surface area contributed by atoms with Crippen LogP contribution in [0.15, 0.2) is 57.6 Å². The summed E-state index contributed by atoms with van der Waals surface area (Å²) in [5, 5.41) is 4.28. The zero-order chi connectivity index (χ0) is 23.7. The minimum Gasteiger partial charge on any atom is -0.463 e. The summed E-state index contributed by atoms with van der Waals surface area (Å²) in [6, 6.07) is 9.10. The molecule has 1 unspecified atom stereocenters. The van der Waals surface area contributed by atoms with Gasteiger partial charge in [0.15, 0.2) is 4.80 Å². The molecule has 0 saturated heterocycles. The molecule has 0 bridgehead atoms. The molecule has 0 fully saturated rings. The number of thiazole rings is 1. The molecule has 3 aromatic rings. The number of rotatable bonds is 6. The van der Waals surface area contributed by atoms with Crippen LogP contribution in [0.25, 0.3) is 6.08 Å². The molecule has 33 heavy (non-hydrogen) atoms. The van der Waals surface area contributed by atoms with E-state index < -0.39 is 12.0 Å². The number of anilines is 1. The first-order chi connectivity index (χ1) is 15.8. The third-order valence-corrected chi connectivity index (χ3v) is 6.55. The molecule has 0 spiro atoms. The Morgan fingerprint density at radius 1 is 1.21 bits per heavy atom. The van der Waals surface area contributed by atoms with Gasteiger partial charge in [-0.2, -0.15) is 5.10 Å². The number of carbonyl (C=O) groups excluding carboxylic acids is 1. The topological polar surface area (TPSA) is 81.7 Å². The maximum absolute atomic E-state index is 13.6. The van der Waals surface area contributed by atoms with Gasteiger partial charge < -0.3 is 9.64 Å². The summed E-state index contributed by atoms with van der Waals surface area (Å²) in [5.74, 6) is -0.459. The molecule has 4 rings (SSSR count). The Kier molecular flexibility index (Phi) is 6.33. The summed E-state index contributed by atoms with van der Waals surface area (Å²) in [6.45, 7) is 6.49. The molecule has 0 saturated carbocycles. The fourth-order valence-corrected chi connectivity index (χ4v) is 4.96. The van der Waals surface area contributed by atoms with E-state index in [0.717, 1.165) is 16.9 Å². The number of hydrogen-bond acceptors (Lipinski definition) is 7. The number of benzene rings is 1. The van der Waals surface area contributed by atoms with Gasteiger partial charge in [-0.3, -0.25) is 14.0 Å². The molecule has 8 nitrogen and oxygen atoms in total. The molecule has 1 atom stereocenters. The van der Waals surface area contributed by atoms with Gasteiger partial charge in [0.2, 0.25) is 0 Å². The van der Waals surface area contributed by atoms with E-state index in [2.05, 4.69) is 10.1 Å². The van der Waals surface area contributed by atoms with Gasteiger partial charge in [0.1, 0.15) is 0 Å². The second kappa shape index (κ2) is 9.19. The average molecular weight is 466 g/mol. The molecule has 9 heteroatoms. The van der Waals surface area contributed by atoms with E-state index in [-0.39, 0.29) is 12.2 Å². The first-order valence-corrected chi connectivity index (χ1v) is 11.7. The highest BCUT2D eigenvalue weighted by Crippen LogP contribution is 2.31. The SMILES string of the molecule is CCOC(=O)C1=C(C)N=c2sc(=Cc3ccnn3CC)c(=O)n2C1c1ccc(N(C)C)cc1. The molecule has 1 aromatic carbocycles. The maximum Gasteiger partial charge on any atom is 0.338 e. The molecule has 0 aliphatic carbocycles. The summed E-state index contributed by atoms with van der Waals surface area (Å²) in [4.78, 5) is 33.7. The van der Waals surface area contributed by atoms with Crippen molar-refractivity contribution in [2.45, 2.75) is 33.4 Å². The smallest absolute Gasteiger partial charge is 0.338 e. The van der Waals surface area contributed by atoms with Crippen molar-refractivity contribution in [1.29, 1.82) is 0 Å². The number of allylic oxidation sites excluding steroid dienone is 1. The molecule has 0 amide bonds. The minimum absolute atomic E-state index is 0.196. The van der Waals surface area contributed by atoms with Crippen molar-refractivity contribution in [2.24, 2.45) is 4.99 Å². The molecule has 2 aromatic heterocycles. The van der Waals surface area contributed by atoms with Crippen molar-refractivity contribution in [3.8, 4) is 0 Å². The molecule has 0 radical (unpaired) electrons. The monoisotopic (exact) mass is 465 g/mol. The van der Waals surface area contributed by atoms with E-state index in [4.69, 9.17) is 4.74 Å². The standard InChI is InChI=1S/C24H27N5O3S/c1-6-28-18(12-13-25-28)14-19-22(30)29-21(16-8-10-17(11-9-16)27(4)5)20(23(31)32-7-2)15(3)26-24(29)33-19/h8-14,21H,6-7H2,1-5H3. The highest BCUT2D eigenvalue weighted by atomic mass is 32.1. The van der Waals surface area contributed by atoms with Crippen molar-refractivity contribution in [2.75, 3.05) is 25.6 Å². The van der Waals surface area contributed by atoms with Gasteiger partial charge in [-0.05, 0) is 50.6 Å². The van der Waals surface area contributed by atoms with Crippen LogP contribution in [0.4, 0.5) is 5.69 Å². The van der Waals surface area contributed by atoms with Crippen LogP contribution in [-0.2, 0) is 16.1 Å². The second-order valence-electron chi connectivity index (χ2n) is 7.86. The minimum atomic E-state index is -0.616. The van der Waals surface area contributed by atoms with Crippen LogP contribution in [-0.4, -0.2) is 41.0 Å². The number of ether oxygens (including phenoxy) is 1. The van der Waals surface area contributed by atoms with Crippen molar-refractivity contribution >= 4 is 29.1 Å². The molecule has 0 N–H and O–H groups in total. The van der Waals surface area contributed by atoms with Gasteiger partial charge in [-0.25, -0.2) is 9.79 Å². The third-order valence-electron chi connectivity index (χ3n) is 5.57. The summed E-state index contributed by atoms with van der Waals surface area (Å²) in [7, 11) is 3.93. The molecule has 1 aliphatic heterocycles. The lowest BCUT2D eigenvalue weighted by Gasteiger charge is -2.25. The highest BCUT2D eigenvalue weighted by Gasteiger charge is 2.33. The van der Waals surface area contributed by atoms with E-state index in [1.54, 1.807) is 24.6 Å². The Bertz CT molecular complexity index is 1390. The van der Waals surface area contributed by atoms with Crippen LogP contribution in [0.5, 0.6) is 0 Å². The van der Waals surface area contributed by atoms with E-state index in [1.165, 1.54) is 11.3 Å². The van der Waals surface area contributed by atoms with E-state index >= 15 is 0 Å². The van der Waals surface area contributed by atoms with Gasteiger partial charge in [0.25, 0.3) is 5.56 Å². The zero-order valence-corrected chi connectivity index (χ0v) is 20.2. The summed E-state index contributed by atoms with van der Waals surface area (Å²) in [5.41, 5.74) is 3.43. The van der Waals surface area contributed by atoms with Gasteiger partial charge in [0.05, 0.1) is 34.1 Å². The number of fused-ring (bicyclic) bond motifs is 1. The zero-order valence-electron chi connectivity index (χ0n) is 19.4. The van der Waals surface area contributed by atoms with Gasteiger partial charge in [0, 0.05) is 32.5 Å². The van der Waals surface area contributed by atoms with E-state index in [1.807, 2.05) is 67.0 Å². The Morgan fingerprint density at radius 3 is 2.58 bits per heavy atom. The third kappa shape index (κ3) is 4.16.